The Morgan fingerprint density at radius 1 is 1.50 bits per heavy atom. The number of H-pyrrole nitrogens is 1. The topological polar surface area (TPSA) is 77.0 Å². The minimum atomic E-state index is -0.253. The van der Waals surface area contributed by atoms with E-state index in [2.05, 4.69) is 10.2 Å². The molecular weight excluding hydrogens is 278 g/mol. The predicted molar refractivity (Wildman–Crippen MR) is 76.4 cm³/mol. The molecule has 6 nitrogen and oxygen atoms in total. The van der Waals surface area contributed by atoms with Gasteiger partial charge in [-0.2, -0.15) is 0 Å². The number of carbonyl (C=O) groups excluding carboxylic acids is 1. The molecule has 1 N–H and O–H groups in total. The number of hydrogen-bond donors (Lipinski definition) is 1. The summed E-state index contributed by atoms with van der Waals surface area (Å²) in [5.74, 6) is 1.27. The van der Waals surface area contributed by atoms with Gasteiger partial charge in [-0.3, -0.25) is 9.36 Å². The number of ketones is 1. The van der Waals surface area contributed by atoms with Crippen LogP contribution in [0.5, 0.6) is 5.75 Å². The molecule has 0 unspecified atom stereocenters. The minimum absolute atomic E-state index is 0.00562. The maximum absolute atomic E-state index is 11.4. The molecule has 2 aromatic rings. The normalized spacial score (nSPS) is 10.6. The van der Waals surface area contributed by atoms with E-state index in [4.69, 9.17) is 4.74 Å². The van der Waals surface area contributed by atoms with Crippen LogP contribution in [0.4, 0.5) is 0 Å². The molecule has 20 heavy (non-hydrogen) atoms. The van der Waals surface area contributed by atoms with Crippen molar-refractivity contribution < 1.29 is 9.53 Å². The summed E-state index contributed by atoms with van der Waals surface area (Å²) in [4.78, 5) is 22.7. The van der Waals surface area contributed by atoms with Crippen LogP contribution >= 0.6 is 11.8 Å². The van der Waals surface area contributed by atoms with Crippen molar-refractivity contribution in [1.29, 1.82) is 0 Å². The second-order valence-corrected chi connectivity index (χ2v) is 5.18. The fourth-order valence-electron chi connectivity index (χ4n) is 1.71. The van der Waals surface area contributed by atoms with E-state index in [0.29, 0.717) is 22.2 Å². The van der Waals surface area contributed by atoms with E-state index in [0.717, 1.165) is 5.56 Å². The minimum Gasteiger partial charge on any atom is -0.496 e. The van der Waals surface area contributed by atoms with Crippen molar-refractivity contribution in [2.24, 2.45) is 7.05 Å². The van der Waals surface area contributed by atoms with Gasteiger partial charge in [0.2, 0.25) is 0 Å². The van der Waals surface area contributed by atoms with Crippen molar-refractivity contribution in [3.05, 3.63) is 39.8 Å². The van der Waals surface area contributed by atoms with E-state index in [1.54, 1.807) is 32.4 Å². The lowest BCUT2D eigenvalue weighted by Crippen LogP contribution is -2.12. The molecule has 106 valence electrons. The number of nitrogens with zero attached hydrogens (tertiary/aromatic N) is 2. The largest absolute Gasteiger partial charge is 0.496 e. The van der Waals surface area contributed by atoms with Crippen LogP contribution in [-0.2, 0) is 12.8 Å². The van der Waals surface area contributed by atoms with Crippen molar-refractivity contribution in [3.8, 4) is 5.75 Å². The molecule has 7 heteroatoms. The van der Waals surface area contributed by atoms with Crippen LogP contribution in [0.3, 0.4) is 0 Å². The molecule has 1 heterocycles. The monoisotopic (exact) mass is 293 g/mol. The molecular formula is C13H15N3O3S. The van der Waals surface area contributed by atoms with Crippen LogP contribution < -0.4 is 10.4 Å². The number of carbonyl (C=O) groups is 1. The van der Waals surface area contributed by atoms with Gasteiger partial charge < -0.3 is 4.74 Å². The summed E-state index contributed by atoms with van der Waals surface area (Å²) in [5, 5.41) is 6.89. The van der Waals surface area contributed by atoms with Crippen molar-refractivity contribution in [1.82, 2.24) is 14.8 Å². The Bertz CT molecular complexity index is 690. The summed E-state index contributed by atoms with van der Waals surface area (Å²) in [6.45, 7) is 1.52. The molecule has 0 aliphatic rings. The number of rotatable bonds is 5. The third-order valence-electron chi connectivity index (χ3n) is 2.88. The Kier molecular flexibility index (Phi) is 4.29. The number of hydrogen-bond acceptors (Lipinski definition) is 5. The quantitative estimate of drug-likeness (QED) is 0.669. The highest BCUT2D eigenvalue weighted by Crippen LogP contribution is 2.27. The first-order chi connectivity index (χ1) is 9.52. The van der Waals surface area contributed by atoms with E-state index in [9.17, 15) is 9.59 Å². The maximum atomic E-state index is 11.4. The molecule has 0 amide bonds. The summed E-state index contributed by atoms with van der Waals surface area (Å²) in [5.41, 5.74) is 1.27. The highest BCUT2D eigenvalue weighted by molar-refractivity contribution is 7.98. The van der Waals surface area contributed by atoms with Crippen molar-refractivity contribution in [3.63, 3.8) is 0 Å². The molecule has 1 aromatic carbocycles. The lowest BCUT2D eigenvalue weighted by Gasteiger charge is -2.09. The van der Waals surface area contributed by atoms with E-state index in [1.807, 2.05) is 0 Å². The molecule has 0 saturated carbocycles. The first-order valence-corrected chi connectivity index (χ1v) is 6.93. The molecule has 0 fully saturated rings. The maximum Gasteiger partial charge on any atom is 0.343 e. The molecule has 0 saturated heterocycles. The fraction of sp³-hybridized carbons (Fsp3) is 0.308. The second kappa shape index (κ2) is 5.96. The van der Waals surface area contributed by atoms with E-state index >= 15 is 0 Å². The first kappa shape index (κ1) is 14.4. The number of Topliss-reactive ketones (excluding diaryl/α,β-unsaturated/α-hetero) is 1. The molecule has 0 spiro atoms. The average molecular weight is 293 g/mol. The van der Waals surface area contributed by atoms with Crippen LogP contribution in [0.1, 0.15) is 22.8 Å². The van der Waals surface area contributed by atoms with Gasteiger partial charge in [0.15, 0.2) is 10.9 Å². The van der Waals surface area contributed by atoms with Gasteiger partial charge in [0, 0.05) is 23.9 Å². The standard InChI is InChI=1S/C13H15N3O3S/c1-8(17)9-4-5-11(19-3)10(6-9)7-20-13-15-14-12(18)16(13)2/h4-6H,7H2,1-3H3,(H,14,18). The Morgan fingerprint density at radius 2 is 2.25 bits per heavy atom. The fourth-order valence-corrected chi connectivity index (χ4v) is 2.61. The van der Waals surface area contributed by atoms with Gasteiger partial charge in [-0.15, -0.1) is 5.10 Å². The molecule has 0 bridgehead atoms. The Labute approximate surface area is 120 Å². The number of ether oxygens (including phenoxy) is 1. The molecule has 0 aliphatic carbocycles. The predicted octanol–water partition coefficient (Wildman–Crippen LogP) is 1.61. The molecule has 0 atom stereocenters. The van der Waals surface area contributed by atoms with Crippen LogP contribution in [-0.4, -0.2) is 27.7 Å². The Balaban J connectivity index is 2.23. The van der Waals surface area contributed by atoms with Crippen LogP contribution in [0, 0.1) is 0 Å². The number of nitrogens with one attached hydrogen (secondary N) is 1. The van der Waals surface area contributed by atoms with Crippen molar-refractivity contribution in [2.75, 3.05) is 7.11 Å². The highest BCUT2D eigenvalue weighted by atomic mass is 32.2. The summed E-state index contributed by atoms with van der Waals surface area (Å²) in [6, 6.07) is 5.31. The SMILES string of the molecule is COc1ccc(C(C)=O)cc1CSc1n[nH]c(=O)n1C. The molecule has 2 rings (SSSR count). The number of aromatic amines is 1. The molecule has 0 radical (unpaired) electrons. The number of methoxy groups -OCH3 is 1. The van der Waals surface area contributed by atoms with Gasteiger partial charge in [-0.25, -0.2) is 9.89 Å². The van der Waals surface area contributed by atoms with Crippen LogP contribution in [0.2, 0.25) is 0 Å². The highest BCUT2D eigenvalue weighted by Gasteiger charge is 2.10. The number of benzene rings is 1. The second-order valence-electron chi connectivity index (χ2n) is 4.24. The summed E-state index contributed by atoms with van der Waals surface area (Å²) in [7, 11) is 3.23. The lowest BCUT2D eigenvalue weighted by atomic mass is 10.1. The third-order valence-corrected chi connectivity index (χ3v) is 3.96. The van der Waals surface area contributed by atoms with Gasteiger partial charge in [0.1, 0.15) is 5.75 Å². The zero-order chi connectivity index (χ0) is 14.7. The lowest BCUT2D eigenvalue weighted by molar-refractivity contribution is 0.101. The number of aromatic nitrogens is 3. The zero-order valence-electron chi connectivity index (χ0n) is 11.5. The van der Waals surface area contributed by atoms with E-state index < -0.39 is 0 Å². The Morgan fingerprint density at radius 3 is 2.80 bits per heavy atom. The first-order valence-electron chi connectivity index (χ1n) is 5.95. The van der Waals surface area contributed by atoms with Gasteiger partial charge >= 0.3 is 5.69 Å². The van der Waals surface area contributed by atoms with Gasteiger partial charge in [0.25, 0.3) is 0 Å². The molecule has 1 aromatic heterocycles. The zero-order valence-corrected chi connectivity index (χ0v) is 12.3. The van der Waals surface area contributed by atoms with Crippen molar-refractivity contribution in [2.45, 2.75) is 17.8 Å². The summed E-state index contributed by atoms with van der Waals surface area (Å²) < 4.78 is 6.72. The smallest absolute Gasteiger partial charge is 0.343 e. The van der Waals surface area contributed by atoms with Gasteiger partial charge in [-0.1, -0.05) is 11.8 Å². The van der Waals surface area contributed by atoms with Gasteiger partial charge in [-0.05, 0) is 25.1 Å². The van der Waals surface area contributed by atoms with Crippen LogP contribution in [0.15, 0.2) is 28.2 Å². The molecule has 0 aliphatic heterocycles. The Hall–Kier alpha value is -2.02. The summed E-state index contributed by atoms with van der Waals surface area (Å²) >= 11 is 1.40. The van der Waals surface area contributed by atoms with E-state index in [-0.39, 0.29) is 11.5 Å². The third kappa shape index (κ3) is 2.93. The summed E-state index contributed by atoms with van der Waals surface area (Å²) in [6.07, 6.45) is 0. The van der Waals surface area contributed by atoms with Gasteiger partial charge in [0.05, 0.1) is 7.11 Å². The van der Waals surface area contributed by atoms with Crippen molar-refractivity contribution >= 4 is 17.5 Å². The average Bonchev–Trinajstić information content (AvgIpc) is 2.76. The van der Waals surface area contributed by atoms with E-state index in [1.165, 1.54) is 23.3 Å². The van der Waals surface area contributed by atoms with Crippen LogP contribution in [0.25, 0.3) is 0 Å². The number of thioether (sulfide) groups is 1.